The van der Waals surface area contributed by atoms with E-state index in [1.165, 1.54) is 13.4 Å². The van der Waals surface area contributed by atoms with Crippen molar-refractivity contribution in [2.24, 2.45) is 0 Å². The van der Waals surface area contributed by atoms with E-state index in [9.17, 15) is 9.59 Å². The molecule has 0 fully saturated rings. The highest BCUT2D eigenvalue weighted by Crippen LogP contribution is 2.21. The van der Waals surface area contributed by atoms with Crippen molar-refractivity contribution in [1.29, 1.82) is 0 Å². The fourth-order valence-corrected chi connectivity index (χ4v) is 2.17. The number of anilines is 1. The summed E-state index contributed by atoms with van der Waals surface area (Å²) >= 11 is 0. The van der Waals surface area contributed by atoms with Crippen LogP contribution in [0, 0.1) is 0 Å². The molecule has 0 radical (unpaired) electrons. The summed E-state index contributed by atoms with van der Waals surface area (Å²) in [5.41, 5.74) is 1.11. The normalized spacial score (nSPS) is 10.4. The number of hydrogen-bond acceptors (Lipinski definition) is 6. The molecular formula is C17H14N2O5. The Balaban J connectivity index is 1.70. The van der Waals surface area contributed by atoms with Gasteiger partial charge in [0.05, 0.1) is 36.7 Å². The van der Waals surface area contributed by atoms with Crippen molar-refractivity contribution in [3.05, 3.63) is 60.0 Å². The van der Waals surface area contributed by atoms with Crippen LogP contribution in [-0.2, 0) is 16.0 Å². The van der Waals surface area contributed by atoms with Crippen molar-refractivity contribution in [2.45, 2.75) is 6.42 Å². The van der Waals surface area contributed by atoms with E-state index in [0.717, 1.165) is 0 Å². The van der Waals surface area contributed by atoms with E-state index < -0.39 is 5.97 Å². The summed E-state index contributed by atoms with van der Waals surface area (Å²) in [5, 5.41) is 6.51. The van der Waals surface area contributed by atoms with Crippen LogP contribution in [0.2, 0.25) is 0 Å². The van der Waals surface area contributed by atoms with Gasteiger partial charge >= 0.3 is 5.97 Å². The number of para-hydroxylation sites is 1. The molecule has 2 aromatic heterocycles. The standard InChI is InChI=1S/C17H14N2O5/c1-22-17(21)12-5-2-3-6-13(12)18-16(20)10-11-9-15(24-19-11)14-7-4-8-23-14/h2-9H,10H2,1H3,(H,18,20). The molecule has 122 valence electrons. The summed E-state index contributed by atoms with van der Waals surface area (Å²) in [6.45, 7) is 0. The lowest BCUT2D eigenvalue weighted by Crippen LogP contribution is -2.17. The Bertz CT molecular complexity index is 852. The Labute approximate surface area is 137 Å². The quantitative estimate of drug-likeness (QED) is 0.724. The molecule has 7 nitrogen and oxygen atoms in total. The number of methoxy groups -OCH3 is 1. The van der Waals surface area contributed by atoms with E-state index in [-0.39, 0.29) is 17.9 Å². The van der Waals surface area contributed by atoms with E-state index in [1.54, 1.807) is 42.5 Å². The van der Waals surface area contributed by atoms with E-state index in [4.69, 9.17) is 13.7 Å². The molecule has 3 rings (SSSR count). The molecule has 24 heavy (non-hydrogen) atoms. The number of amides is 1. The number of esters is 1. The molecule has 0 aliphatic carbocycles. The van der Waals surface area contributed by atoms with Gasteiger partial charge in [-0.25, -0.2) is 4.79 Å². The zero-order valence-corrected chi connectivity index (χ0v) is 12.8. The van der Waals surface area contributed by atoms with Gasteiger partial charge in [-0.15, -0.1) is 0 Å². The van der Waals surface area contributed by atoms with Gasteiger partial charge in [-0.2, -0.15) is 0 Å². The van der Waals surface area contributed by atoms with Crippen molar-refractivity contribution in [1.82, 2.24) is 5.16 Å². The number of carbonyl (C=O) groups is 2. The number of nitrogens with zero attached hydrogens (tertiary/aromatic N) is 1. The molecule has 0 atom stereocenters. The molecule has 0 unspecified atom stereocenters. The highest BCUT2D eigenvalue weighted by molar-refractivity contribution is 6.01. The first-order valence-corrected chi connectivity index (χ1v) is 7.14. The zero-order valence-electron chi connectivity index (χ0n) is 12.8. The predicted octanol–water partition coefficient (Wildman–Crippen LogP) is 2.90. The molecule has 0 aliphatic heterocycles. The Kier molecular flexibility index (Phi) is 4.42. The predicted molar refractivity (Wildman–Crippen MR) is 84.3 cm³/mol. The van der Waals surface area contributed by atoms with Gasteiger partial charge in [0.25, 0.3) is 0 Å². The summed E-state index contributed by atoms with van der Waals surface area (Å²) in [4.78, 5) is 23.9. The van der Waals surface area contributed by atoms with Crippen LogP contribution in [0.15, 0.2) is 57.7 Å². The van der Waals surface area contributed by atoms with Gasteiger partial charge in [-0.3, -0.25) is 4.79 Å². The van der Waals surface area contributed by atoms with Crippen LogP contribution < -0.4 is 5.32 Å². The minimum atomic E-state index is -0.521. The monoisotopic (exact) mass is 326 g/mol. The summed E-state index contributed by atoms with van der Waals surface area (Å²) in [6, 6.07) is 11.7. The Morgan fingerprint density at radius 2 is 2.00 bits per heavy atom. The van der Waals surface area contributed by atoms with Crippen LogP contribution in [0.25, 0.3) is 11.5 Å². The highest BCUT2D eigenvalue weighted by Gasteiger charge is 2.15. The SMILES string of the molecule is COC(=O)c1ccccc1NC(=O)Cc1cc(-c2ccco2)on1. The molecular weight excluding hydrogens is 312 g/mol. The first-order valence-electron chi connectivity index (χ1n) is 7.14. The van der Waals surface area contributed by atoms with Crippen LogP contribution in [0.1, 0.15) is 16.1 Å². The average Bonchev–Trinajstić information content (AvgIpc) is 3.25. The number of nitrogens with one attached hydrogen (secondary N) is 1. The Morgan fingerprint density at radius 1 is 1.17 bits per heavy atom. The van der Waals surface area contributed by atoms with Gasteiger partial charge in [0.2, 0.25) is 11.7 Å². The zero-order chi connectivity index (χ0) is 16.9. The lowest BCUT2D eigenvalue weighted by Gasteiger charge is -2.08. The topological polar surface area (TPSA) is 94.6 Å². The van der Waals surface area contributed by atoms with Gasteiger partial charge in [0, 0.05) is 6.07 Å². The first-order chi connectivity index (χ1) is 11.7. The fraction of sp³-hybridized carbons (Fsp3) is 0.118. The van der Waals surface area contributed by atoms with Gasteiger partial charge in [-0.1, -0.05) is 17.3 Å². The summed E-state index contributed by atoms with van der Waals surface area (Å²) < 4.78 is 15.0. The molecule has 1 N–H and O–H groups in total. The second-order valence-electron chi connectivity index (χ2n) is 4.92. The maximum atomic E-state index is 12.2. The number of hydrogen-bond donors (Lipinski definition) is 1. The minimum absolute atomic E-state index is 0.000282. The van der Waals surface area contributed by atoms with E-state index in [1.807, 2.05) is 0 Å². The second kappa shape index (κ2) is 6.82. The number of benzene rings is 1. The number of carbonyl (C=O) groups excluding carboxylic acids is 2. The smallest absolute Gasteiger partial charge is 0.339 e. The molecule has 0 saturated heterocycles. The van der Waals surface area contributed by atoms with Gasteiger partial charge < -0.3 is 19.0 Å². The molecule has 1 amide bonds. The van der Waals surface area contributed by atoms with Gasteiger partial charge in [-0.05, 0) is 24.3 Å². The second-order valence-corrected chi connectivity index (χ2v) is 4.92. The molecule has 0 bridgehead atoms. The summed E-state index contributed by atoms with van der Waals surface area (Å²) in [7, 11) is 1.28. The van der Waals surface area contributed by atoms with Crippen molar-refractivity contribution < 1.29 is 23.3 Å². The summed E-state index contributed by atoms with van der Waals surface area (Å²) in [5.74, 6) is 0.126. The van der Waals surface area contributed by atoms with Crippen LogP contribution in [-0.4, -0.2) is 24.1 Å². The largest absolute Gasteiger partial charge is 0.465 e. The Morgan fingerprint density at radius 3 is 2.75 bits per heavy atom. The minimum Gasteiger partial charge on any atom is -0.465 e. The van der Waals surface area contributed by atoms with Gasteiger partial charge in [0.15, 0.2) is 5.76 Å². The van der Waals surface area contributed by atoms with Crippen LogP contribution in [0.5, 0.6) is 0 Å². The van der Waals surface area contributed by atoms with Crippen molar-refractivity contribution in [3.63, 3.8) is 0 Å². The van der Waals surface area contributed by atoms with E-state index in [0.29, 0.717) is 22.9 Å². The average molecular weight is 326 g/mol. The number of aromatic nitrogens is 1. The third-order valence-corrected chi connectivity index (χ3v) is 3.27. The first kappa shape index (κ1) is 15.5. The fourth-order valence-electron chi connectivity index (χ4n) is 2.17. The highest BCUT2D eigenvalue weighted by atomic mass is 16.5. The van der Waals surface area contributed by atoms with Gasteiger partial charge in [0.1, 0.15) is 0 Å². The van der Waals surface area contributed by atoms with E-state index >= 15 is 0 Å². The van der Waals surface area contributed by atoms with Crippen LogP contribution in [0.3, 0.4) is 0 Å². The molecule has 1 aromatic carbocycles. The van der Waals surface area contributed by atoms with Crippen molar-refractivity contribution >= 4 is 17.6 Å². The molecule has 0 spiro atoms. The molecule has 0 saturated carbocycles. The molecule has 0 aliphatic rings. The third kappa shape index (κ3) is 3.35. The van der Waals surface area contributed by atoms with Crippen LogP contribution >= 0.6 is 0 Å². The number of rotatable bonds is 5. The number of ether oxygens (including phenoxy) is 1. The molecule has 7 heteroatoms. The maximum Gasteiger partial charge on any atom is 0.339 e. The third-order valence-electron chi connectivity index (χ3n) is 3.27. The van der Waals surface area contributed by atoms with E-state index in [2.05, 4.69) is 10.5 Å². The molecule has 3 aromatic rings. The number of furan rings is 1. The summed E-state index contributed by atoms with van der Waals surface area (Å²) in [6.07, 6.45) is 1.52. The lowest BCUT2D eigenvalue weighted by molar-refractivity contribution is -0.115. The van der Waals surface area contributed by atoms with Crippen molar-refractivity contribution in [3.8, 4) is 11.5 Å². The lowest BCUT2D eigenvalue weighted by atomic mass is 10.1. The maximum absolute atomic E-state index is 12.2. The molecule has 2 heterocycles. The van der Waals surface area contributed by atoms with Crippen molar-refractivity contribution in [2.75, 3.05) is 12.4 Å². The van der Waals surface area contributed by atoms with Crippen LogP contribution in [0.4, 0.5) is 5.69 Å². The Hall–Kier alpha value is -3.35.